The second kappa shape index (κ2) is 5.84. The van der Waals surface area contributed by atoms with Crippen molar-refractivity contribution in [3.05, 3.63) is 23.5 Å². The van der Waals surface area contributed by atoms with Crippen LogP contribution in [0, 0.1) is 0 Å². The van der Waals surface area contributed by atoms with Crippen LogP contribution < -0.4 is 0 Å². The minimum atomic E-state index is 0.166. The Morgan fingerprint density at radius 2 is 1.67 bits per heavy atom. The SMILES string of the molecule is CC.CC(C)c1cc(C(C)(C)C)cnn1. The molecule has 0 aliphatic rings. The minimum absolute atomic E-state index is 0.166. The summed E-state index contributed by atoms with van der Waals surface area (Å²) in [5, 5.41) is 8.12. The van der Waals surface area contributed by atoms with Gasteiger partial charge in [0.2, 0.25) is 0 Å². The van der Waals surface area contributed by atoms with Crippen LogP contribution in [-0.4, -0.2) is 10.2 Å². The normalized spacial score (nSPS) is 10.9. The fraction of sp³-hybridized carbons (Fsp3) is 0.692. The molecule has 0 amide bonds. The lowest BCUT2D eigenvalue weighted by Gasteiger charge is -2.19. The standard InChI is InChI=1S/C11H18N2.C2H6/c1-8(2)10-6-9(7-12-13-10)11(3,4)5;1-2/h6-8H,1-5H3;1-2H3. The van der Waals surface area contributed by atoms with Crippen molar-refractivity contribution in [2.24, 2.45) is 0 Å². The molecule has 0 aromatic carbocycles. The zero-order valence-electron chi connectivity index (χ0n) is 11.1. The molecule has 0 N–H and O–H groups in total. The van der Waals surface area contributed by atoms with Crippen LogP contribution in [0.15, 0.2) is 12.3 Å². The molecule has 0 atom stereocenters. The van der Waals surface area contributed by atoms with Crippen LogP contribution in [0.4, 0.5) is 0 Å². The average Bonchev–Trinajstić information content (AvgIpc) is 2.20. The molecule has 0 saturated carbocycles. The van der Waals surface area contributed by atoms with E-state index in [9.17, 15) is 0 Å². The number of rotatable bonds is 1. The van der Waals surface area contributed by atoms with Crippen LogP contribution in [0.25, 0.3) is 0 Å². The van der Waals surface area contributed by atoms with E-state index in [0.717, 1.165) is 5.69 Å². The Kier molecular flexibility index (Phi) is 5.48. The van der Waals surface area contributed by atoms with Crippen molar-refractivity contribution < 1.29 is 0 Å². The number of hydrogen-bond acceptors (Lipinski definition) is 2. The van der Waals surface area contributed by atoms with Gasteiger partial charge in [0.05, 0.1) is 11.9 Å². The molecule has 0 aliphatic carbocycles. The second-order valence-electron chi connectivity index (χ2n) is 4.77. The van der Waals surface area contributed by atoms with Gasteiger partial charge in [0, 0.05) is 0 Å². The molecule has 0 fully saturated rings. The predicted octanol–water partition coefficient (Wildman–Crippen LogP) is 3.92. The van der Waals surface area contributed by atoms with Gasteiger partial charge in [-0.05, 0) is 23.0 Å². The van der Waals surface area contributed by atoms with Gasteiger partial charge in [-0.25, -0.2) is 0 Å². The molecule has 86 valence electrons. The van der Waals surface area contributed by atoms with Gasteiger partial charge in [-0.15, -0.1) is 0 Å². The molecule has 0 radical (unpaired) electrons. The molecule has 15 heavy (non-hydrogen) atoms. The Bertz CT molecular complexity index is 285. The van der Waals surface area contributed by atoms with Crippen LogP contribution in [0.5, 0.6) is 0 Å². The summed E-state index contributed by atoms with van der Waals surface area (Å²) in [5.41, 5.74) is 2.50. The first-order valence-electron chi connectivity index (χ1n) is 5.74. The lowest BCUT2D eigenvalue weighted by molar-refractivity contribution is 0.580. The van der Waals surface area contributed by atoms with Gasteiger partial charge in [0.15, 0.2) is 0 Å². The van der Waals surface area contributed by atoms with E-state index in [1.165, 1.54) is 5.56 Å². The summed E-state index contributed by atoms with van der Waals surface area (Å²) in [6.07, 6.45) is 1.85. The maximum atomic E-state index is 4.10. The van der Waals surface area contributed by atoms with E-state index in [4.69, 9.17) is 0 Å². The Morgan fingerprint density at radius 3 is 2.07 bits per heavy atom. The van der Waals surface area contributed by atoms with Crippen molar-refractivity contribution in [3.63, 3.8) is 0 Å². The average molecular weight is 208 g/mol. The third-order valence-corrected chi connectivity index (χ3v) is 2.13. The van der Waals surface area contributed by atoms with Crippen molar-refractivity contribution in [1.82, 2.24) is 10.2 Å². The maximum absolute atomic E-state index is 4.10. The Morgan fingerprint density at radius 1 is 1.13 bits per heavy atom. The number of nitrogens with zero attached hydrogens (tertiary/aromatic N) is 2. The first-order valence-corrected chi connectivity index (χ1v) is 5.74. The third kappa shape index (κ3) is 4.41. The summed E-state index contributed by atoms with van der Waals surface area (Å²) in [7, 11) is 0. The smallest absolute Gasteiger partial charge is 0.0659 e. The molecule has 1 heterocycles. The van der Waals surface area contributed by atoms with Crippen LogP contribution in [0.2, 0.25) is 0 Å². The summed E-state index contributed by atoms with van der Waals surface area (Å²) in [6.45, 7) is 14.8. The van der Waals surface area contributed by atoms with Gasteiger partial charge >= 0.3 is 0 Å². The lowest BCUT2D eigenvalue weighted by Crippen LogP contribution is -2.13. The Labute approximate surface area is 94.1 Å². The lowest BCUT2D eigenvalue weighted by atomic mass is 9.87. The fourth-order valence-corrected chi connectivity index (χ4v) is 1.08. The minimum Gasteiger partial charge on any atom is -0.159 e. The Hall–Kier alpha value is -0.920. The van der Waals surface area contributed by atoms with Gasteiger partial charge in [-0.1, -0.05) is 48.5 Å². The second-order valence-corrected chi connectivity index (χ2v) is 4.77. The molecule has 0 bridgehead atoms. The van der Waals surface area contributed by atoms with Crippen LogP contribution in [0.3, 0.4) is 0 Å². The fourth-order valence-electron chi connectivity index (χ4n) is 1.08. The van der Waals surface area contributed by atoms with Crippen molar-refractivity contribution in [2.75, 3.05) is 0 Å². The third-order valence-electron chi connectivity index (χ3n) is 2.13. The van der Waals surface area contributed by atoms with Gasteiger partial charge in [-0.2, -0.15) is 10.2 Å². The van der Waals surface area contributed by atoms with Crippen molar-refractivity contribution >= 4 is 0 Å². The van der Waals surface area contributed by atoms with Crippen LogP contribution >= 0.6 is 0 Å². The highest BCUT2D eigenvalue weighted by molar-refractivity contribution is 5.21. The molecule has 1 aromatic rings. The van der Waals surface area contributed by atoms with E-state index in [-0.39, 0.29) is 5.41 Å². The summed E-state index contributed by atoms with van der Waals surface area (Å²) in [5.74, 6) is 0.454. The molecule has 0 unspecified atom stereocenters. The quantitative estimate of drug-likeness (QED) is 0.699. The number of aromatic nitrogens is 2. The van der Waals surface area contributed by atoms with Crippen LogP contribution in [0.1, 0.15) is 65.6 Å². The molecule has 1 aromatic heterocycles. The highest BCUT2D eigenvalue weighted by atomic mass is 15.1. The van der Waals surface area contributed by atoms with Gasteiger partial charge in [0.1, 0.15) is 0 Å². The van der Waals surface area contributed by atoms with Crippen molar-refractivity contribution in [2.45, 2.75) is 59.8 Å². The van der Waals surface area contributed by atoms with Crippen molar-refractivity contribution in [3.8, 4) is 0 Å². The summed E-state index contributed by atoms with van der Waals surface area (Å²) in [6, 6.07) is 2.15. The zero-order valence-corrected chi connectivity index (χ0v) is 11.1. The van der Waals surface area contributed by atoms with E-state index in [1.54, 1.807) is 0 Å². The zero-order chi connectivity index (χ0) is 12.1. The van der Waals surface area contributed by atoms with E-state index in [1.807, 2.05) is 20.0 Å². The van der Waals surface area contributed by atoms with Gasteiger partial charge in [-0.3, -0.25) is 0 Å². The first-order chi connectivity index (χ1) is 6.91. The highest BCUT2D eigenvalue weighted by Crippen LogP contribution is 2.23. The molecular formula is C13H24N2. The molecule has 0 saturated heterocycles. The monoisotopic (exact) mass is 208 g/mol. The van der Waals surface area contributed by atoms with E-state index in [0.29, 0.717) is 5.92 Å². The van der Waals surface area contributed by atoms with E-state index in [2.05, 4.69) is 50.9 Å². The topological polar surface area (TPSA) is 25.8 Å². The molecule has 2 heteroatoms. The number of hydrogen-bond donors (Lipinski definition) is 0. The molecule has 1 rings (SSSR count). The molecule has 0 spiro atoms. The highest BCUT2D eigenvalue weighted by Gasteiger charge is 2.15. The van der Waals surface area contributed by atoms with Crippen molar-refractivity contribution in [1.29, 1.82) is 0 Å². The summed E-state index contributed by atoms with van der Waals surface area (Å²) in [4.78, 5) is 0. The first kappa shape index (κ1) is 14.1. The Balaban J connectivity index is 0.000000921. The van der Waals surface area contributed by atoms with E-state index >= 15 is 0 Å². The predicted molar refractivity (Wildman–Crippen MR) is 66.2 cm³/mol. The van der Waals surface area contributed by atoms with E-state index < -0.39 is 0 Å². The van der Waals surface area contributed by atoms with Crippen LogP contribution in [-0.2, 0) is 5.41 Å². The summed E-state index contributed by atoms with van der Waals surface area (Å²) < 4.78 is 0. The molecule has 0 aliphatic heterocycles. The van der Waals surface area contributed by atoms with Gasteiger partial charge in [0.25, 0.3) is 0 Å². The van der Waals surface area contributed by atoms with Gasteiger partial charge < -0.3 is 0 Å². The maximum Gasteiger partial charge on any atom is 0.0659 e. The molecular weight excluding hydrogens is 184 g/mol. The summed E-state index contributed by atoms with van der Waals surface area (Å²) >= 11 is 0. The largest absolute Gasteiger partial charge is 0.159 e. The molecule has 2 nitrogen and oxygen atoms in total.